The monoisotopic (exact) mass is 314 g/mol. The van der Waals surface area contributed by atoms with E-state index in [0.29, 0.717) is 0 Å². The number of sulfonamides is 1. The maximum atomic E-state index is 12.0. The molecule has 0 saturated carbocycles. The molecule has 108 valence electrons. The van der Waals surface area contributed by atoms with Crippen LogP contribution in [-0.2, 0) is 23.0 Å². The van der Waals surface area contributed by atoms with Gasteiger partial charge in [-0.15, -0.1) is 11.3 Å². The van der Waals surface area contributed by atoms with Crippen molar-refractivity contribution in [1.82, 2.24) is 9.71 Å². The average molecular weight is 314 g/mol. The molecule has 0 atom stereocenters. The van der Waals surface area contributed by atoms with Crippen LogP contribution in [0, 0.1) is 0 Å². The molecule has 0 unspecified atom stereocenters. The summed E-state index contributed by atoms with van der Waals surface area (Å²) < 4.78 is 26.6. The summed E-state index contributed by atoms with van der Waals surface area (Å²) in [5, 5.41) is 10.7. The van der Waals surface area contributed by atoms with Gasteiger partial charge in [0.25, 0.3) is 0 Å². The van der Waals surface area contributed by atoms with Crippen LogP contribution >= 0.6 is 11.3 Å². The summed E-state index contributed by atoms with van der Waals surface area (Å²) in [7, 11) is -3.71. The van der Waals surface area contributed by atoms with Gasteiger partial charge in [0.15, 0.2) is 0 Å². The number of H-pyrrole nitrogens is 1. The van der Waals surface area contributed by atoms with Crippen LogP contribution in [0.3, 0.4) is 0 Å². The van der Waals surface area contributed by atoms with Crippen molar-refractivity contribution in [2.24, 2.45) is 0 Å². The number of carboxylic acid groups (broad SMARTS) is 1. The molecule has 3 N–H and O–H groups in total. The number of thiophene rings is 1. The first-order chi connectivity index (χ1) is 9.44. The van der Waals surface area contributed by atoms with Crippen LogP contribution in [0.25, 0.3) is 0 Å². The smallest absolute Gasteiger partial charge is 0.352 e. The zero-order valence-electron chi connectivity index (χ0n) is 10.7. The highest BCUT2D eigenvalue weighted by molar-refractivity contribution is 7.89. The molecule has 2 aromatic rings. The highest BCUT2D eigenvalue weighted by atomic mass is 32.2. The molecule has 2 rings (SSSR count). The van der Waals surface area contributed by atoms with E-state index in [2.05, 4.69) is 9.71 Å². The first-order valence-corrected chi connectivity index (χ1v) is 8.27. The van der Waals surface area contributed by atoms with Crippen molar-refractivity contribution in [3.63, 3.8) is 0 Å². The normalized spacial score (nSPS) is 11.7. The molecule has 0 saturated heterocycles. The molecular formula is C12H14N2O4S2. The number of carbonyl (C=O) groups is 1. The van der Waals surface area contributed by atoms with Crippen molar-refractivity contribution in [1.29, 1.82) is 0 Å². The summed E-state index contributed by atoms with van der Waals surface area (Å²) in [6, 6.07) is 3.06. The molecule has 0 amide bonds. The van der Waals surface area contributed by atoms with Gasteiger partial charge in [-0.05, 0) is 29.5 Å². The SMILES string of the molecule is CCc1ccsc1CNS(=O)(=O)c1c[nH]c(C(=O)O)c1. The van der Waals surface area contributed by atoms with E-state index in [-0.39, 0.29) is 17.1 Å². The lowest BCUT2D eigenvalue weighted by atomic mass is 10.2. The van der Waals surface area contributed by atoms with Crippen LogP contribution in [0.1, 0.15) is 27.9 Å². The molecule has 0 aliphatic carbocycles. The van der Waals surface area contributed by atoms with Gasteiger partial charge in [0, 0.05) is 17.6 Å². The second kappa shape index (κ2) is 5.78. The maximum Gasteiger partial charge on any atom is 0.352 e. The Bertz CT molecular complexity index is 715. The van der Waals surface area contributed by atoms with Crippen molar-refractivity contribution >= 4 is 27.3 Å². The third kappa shape index (κ3) is 3.09. The van der Waals surface area contributed by atoms with Crippen LogP contribution in [0.5, 0.6) is 0 Å². The number of aryl methyl sites for hydroxylation is 1. The Kier molecular flexibility index (Phi) is 4.26. The van der Waals surface area contributed by atoms with Crippen molar-refractivity contribution in [2.45, 2.75) is 24.8 Å². The van der Waals surface area contributed by atoms with Crippen molar-refractivity contribution in [3.05, 3.63) is 39.8 Å². The largest absolute Gasteiger partial charge is 0.477 e. The molecule has 2 aromatic heterocycles. The lowest BCUT2D eigenvalue weighted by Gasteiger charge is -2.05. The van der Waals surface area contributed by atoms with Gasteiger partial charge < -0.3 is 10.1 Å². The van der Waals surface area contributed by atoms with Gasteiger partial charge in [0.2, 0.25) is 10.0 Å². The average Bonchev–Trinajstić information content (AvgIpc) is 3.05. The van der Waals surface area contributed by atoms with Gasteiger partial charge in [-0.25, -0.2) is 17.9 Å². The first kappa shape index (κ1) is 14.8. The van der Waals surface area contributed by atoms with Crippen molar-refractivity contribution in [2.75, 3.05) is 0 Å². The Hall–Kier alpha value is -1.64. The van der Waals surface area contributed by atoms with E-state index in [0.717, 1.165) is 22.9 Å². The number of aromatic nitrogens is 1. The summed E-state index contributed by atoms with van der Waals surface area (Å²) in [4.78, 5) is 14.0. The minimum Gasteiger partial charge on any atom is -0.477 e. The summed E-state index contributed by atoms with van der Waals surface area (Å²) in [6.07, 6.45) is 2.01. The van der Waals surface area contributed by atoms with Gasteiger partial charge in [0.05, 0.1) is 0 Å². The fraction of sp³-hybridized carbons (Fsp3) is 0.250. The summed E-state index contributed by atoms with van der Waals surface area (Å²) in [6.45, 7) is 2.21. The van der Waals surface area contributed by atoms with Gasteiger partial charge in [-0.2, -0.15) is 0 Å². The lowest BCUT2D eigenvalue weighted by Crippen LogP contribution is -2.22. The number of aromatic carboxylic acids is 1. The highest BCUT2D eigenvalue weighted by Gasteiger charge is 2.18. The number of carboxylic acids is 1. The summed E-state index contributed by atoms with van der Waals surface area (Å²) in [5.74, 6) is -1.20. The van der Waals surface area contributed by atoms with Crippen LogP contribution in [0.15, 0.2) is 28.6 Å². The second-order valence-corrected chi connectivity index (χ2v) is 6.87. The molecule has 0 bridgehead atoms. The van der Waals surface area contributed by atoms with Crippen LogP contribution in [0.2, 0.25) is 0 Å². The highest BCUT2D eigenvalue weighted by Crippen LogP contribution is 2.18. The summed E-state index contributed by atoms with van der Waals surface area (Å²) in [5.41, 5.74) is 0.953. The molecule has 8 heteroatoms. The van der Waals surface area contributed by atoms with E-state index >= 15 is 0 Å². The minimum atomic E-state index is -3.71. The van der Waals surface area contributed by atoms with Gasteiger partial charge in [-0.3, -0.25) is 0 Å². The van der Waals surface area contributed by atoms with Gasteiger partial charge in [-0.1, -0.05) is 6.92 Å². The van der Waals surface area contributed by atoms with Gasteiger partial charge in [0.1, 0.15) is 10.6 Å². The van der Waals surface area contributed by atoms with Crippen molar-refractivity contribution < 1.29 is 18.3 Å². The molecule has 0 aromatic carbocycles. The molecule has 0 aliphatic heterocycles. The predicted molar refractivity (Wildman–Crippen MR) is 75.5 cm³/mol. The Balaban J connectivity index is 2.13. The second-order valence-electron chi connectivity index (χ2n) is 4.10. The fourth-order valence-electron chi connectivity index (χ4n) is 1.73. The third-order valence-electron chi connectivity index (χ3n) is 2.84. The molecule has 6 nitrogen and oxygen atoms in total. The molecule has 2 heterocycles. The van der Waals surface area contributed by atoms with Crippen LogP contribution in [0.4, 0.5) is 0 Å². The number of rotatable bonds is 6. The Labute approximate surface area is 120 Å². The fourth-order valence-corrected chi connectivity index (χ4v) is 3.73. The number of hydrogen-bond acceptors (Lipinski definition) is 4. The number of aromatic amines is 1. The standard InChI is InChI=1S/C12H14N2O4S2/c1-2-8-3-4-19-11(8)7-14-20(17,18)9-5-10(12(15)16)13-6-9/h3-6,13-14H,2,7H2,1H3,(H,15,16). The van der Waals surface area contributed by atoms with E-state index in [9.17, 15) is 13.2 Å². The van der Waals surface area contributed by atoms with Crippen LogP contribution < -0.4 is 4.72 Å². The summed E-state index contributed by atoms with van der Waals surface area (Å²) >= 11 is 1.49. The van der Waals surface area contributed by atoms with E-state index in [1.807, 2.05) is 18.4 Å². The Morgan fingerprint density at radius 1 is 1.50 bits per heavy atom. The van der Waals surface area contributed by atoms with E-state index in [1.54, 1.807) is 0 Å². The molecule has 0 fully saturated rings. The lowest BCUT2D eigenvalue weighted by molar-refractivity contribution is 0.0691. The Morgan fingerprint density at radius 3 is 2.85 bits per heavy atom. The molecule has 0 radical (unpaired) electrons. The Morgan fingerprint density at radius 2 is 2.25 bits per heavy atom. The van der Waals surface area contributed by atoms with E-state index in [4.69, 9.17) is 5.11 Å². The van der Waals surface area contributed by atoms with E-state index in [1.165, 1.54) is 17.5 Å². The molecule has 20 heavy (non-hydrogen) atoms. The predicted octanol–water partition coefficient (Wildman–Crippen LogP) is 1.82. The first-order valence-electron chi connectivity index (χ1n) is 5.90. The molecule has 0 spiro atoms. The minimum absolute atomic E-state index is 0.0792. The zero-order valence-corrected chi connectivity index (χ0v) is 12.3. The number of nitrogens with one attached hydrogen (secondary N) is 2. The molecule has 0 aliphatic rings. The number of hydrogen-bond donors (Lipinski definition) is 3. The van der Waals surface area contributed by atoms with Gasteiger partial charge >= 0.3 is 5.97 Å². The topological polar surface area (TPSA) is 99.3 Å². The van der Waals surface area contributed by atoms with Crippen molar-refractivity contribution in [3.8, 4) is 0 Å². The van der Waals surface area contributed by atoms with Crippen LogP contribution in [-0.4, -0.2) is 24.5 Å². The van der Waals surface area contributed by atoms with E-state index < -0.39 is 16.0 Å². The molecular weight excluding hydrogens is 300 g/mol. The quantitative estimate of drug-likeness (QED) is 0.757. The third-order valence-corrected chi connectivity index (χ3v) is 5.18. The zero-order chi connectivity index (χ0) is 14.8. The maximum absolute atomic E-state index is 12.0.